The summed E-state index contributed by atoms with van der Waals surface area (Å²) in [6.07, 6.45) is 1.98. The number of aromatic nitrogens is 1. The second kappa shape index (κ2) is 6.11. The van der Waals surface area contributed by atoms with Gasteiger partial charge in [0.15, 0.2) is 0 Å². The summed E-state index contributed by atoms with van der Waals surface area (Å²) >= 11 is 1.58. The van der Waals surface area contributed by atoms with Gasteiger partial charge in [-0.2, -0.15) is 0 Å². The number of piperazine rings is 1. The fourth-order valence-electron chi connectivity index (χ4n) is 2.18. The van der Waals surface area contributed by atoms with Gasteiger partial charge in [-0.05, 0) is 40.7 Å². The minimum absolute atomic E-state index is 0.886. The SMILES string of the molecule is C[n+]1ccsc1/N=N/c1ccc(N2CCNCC2)cc1. The summed E-state index contributed by atoms with van der Waals surface area (Å²) in [5, 5.41) is 14.8. The van der Waals surface area contributed by atoms with E-state index in [2.05, 4.69) is 32.6 Å². The number of rotatable bonds is 3. The van der Waals surface area contributed by atoms with Gasteiger partial charge in [0.1, 0.15) is 11.9 Å². The van der Waals surface area contributed by atoms with Crippen LogP contribution < -0.4 is 14.8 Å². The van der Waals surface area contributed by atoms with Crippen LogP contribution in [0.1, 0.15) is 0 Å². The highest BCUT2D eigenvalue weighted by Gasteiger charge is 2.10. The number of hydrogen-bond acceptors (Lipinski definition) is 5. The molecule has 0 aliphatic carbocycles. The summed E-state index contributed by atoms with van der Waals surface area (Å²) in [4.78, 5) is 2.39. The van der Waals surface area contributed by atoms with E-state index in [1.807, 2.05) is 35.3 Å². The molecule has 2 aromatic rings. The van der Waals surface area contributed by atoms with Crippen LogP contribution in [0.2, 0.25) is 0 Å². The molecule has 104 valence electrons. The maximum Gasteiger partial charge on any atom is 0.408 e. The van der Waals surface area contributed by atoms with E-state index in [0.29, 0.717) is 0 Å². The molecule has 0 bridgehead atoms. The Balaban J connectivity index is 1.69. The van der Waals surface area contributed by atoms with Crippen molar-refractivity contribution in [2.24, 2.45) is 17.3 Å². The lowest BCUT2D eigenvalue weighted by Crippen LogP contribution is -2.43. The Bertz CT molecular complexity index is 584. The van der Waals surface area contributed by atoms with E-state index in [0.717, 1.165) is 37.0 Å². The summed E-state index contributed by atoms with van der Waals surface area (Å²) in [5.41, 5.74) is 2.14. The van der Waals surface area contributed by atoms with E-state index in [1.54, 1.807) is 11.3 Å². The van der Waals surface area contributed by atoms with Crippen molar-refractivity contribution in [3.8, 4) is 0 Å². The van der Waals surface area contributed by atoms with Gasteiger partial charge in [0.25, 0.3) is 0 Å². The first kappa shape index (κ1) is 13.2. The zero-order valence-corrected chi connectivity index (χ0v) is 12.3. The topological polar surface area (TPSA) is 43.9 Å². The van der Waals surface area contributed by atoms with Crippen LogP contribution in [0.5, 0.6) is 0 Å². The van der Waals surface area contributed by atoms with Gasteiger partial charge in [-0.25, -0.2) is 4.57 Å². The Hall–Kier alpha value is -1.79. The lowest BCUT2D eigenvalue weighted by molar-refractivity contribution is -0.654. The van der Waals surface area contributed by atoms with Gasteiger partial charge in [0, 0.05) is 37.2 Å². The highest BCUT2D eigenvalue weighted by Crippen LogP contribution is 2.22. The van der Waals surface area contributed by atoms with Gasteiger partial charge >= 0.3 is 5.13 Å². The van der Waals surface area contributed by atoms with Crippen LogP contribution >= 0.6 is 11.3 Å². The number of aryl methyl sites for hydroxylation is 1. The Morgan fingerprint density at radius 3 is 2.55 bits per heavy atom. The second-order valence-corrected chi connectivity index (χ2v) is 5.62. The Morgan fingerprint density at radius 1 is 1.15 bits per heavy atom. The second-order valence-electron chi connectivity index (χ2n) is 4.75. The molecule has 5 nitrogen and oxygen atoms in total. The summed E-state index contributed by atoms with van der Waals surface area (Å²) in [6, 6.07) is 8.28. The van der Waals surface area contributed by atoms with E-state index in [1.165, 1.54) is 5.69 Å². The third-order valence-electron chi connectivity index (χ3n) is 3.34. The monoisotopic (exact) mass is 288 g/mol. The van der Waals surface area contributed by atoms with Crippen LogP contribution in [-0.2, 0) is 7.05 Å². The average Bonchev–Trinajstić information content (AvgIpc) is 2.92. The number of azo groups is 1. The molecular weight excluding hydrogens is 270 g/mol. The molecular formula is C14H18N5S+. The molecule has 0 atom stereocenters. The first-order chi connectivity index (χ1) is 9.83. The maximum absolute atomic E-state index is 4.28. The molecule has 1 aromatic carbocycles. The Kier molecular flexibility index (Phi) is 4.03. The Labute approximate surface area is 122 Å². The van der Waals surface area contributed by atoms with Gasteiger partial charge in [-0.1, -0.05) is 0 Å². The molecule has 0 amide bonds. The van der Waals surface area contributed by atoms with Gasteiger partial charge < -0.3 is 10.2 Å². The highest BCUT2D eigenvalue weighted by molar-refractivity contribution is 7.12. The van der Waals surface area contributed by atoms with E-state index in [9.17, 15) is 0 Å². The van der Waals surface area contributed by atoms with Crippen LogP contribution in [-0.4, -0.2) is 26.2 Å². The van der Waals surface area contributed by atoms with Gasteiger partial charge in [-0.3, -0.25) is 0 Å². The minimum Gasteiger partial charge on any atom is -0.369 e. The van der Waals surface area contributed by atoms with Gasteiger partial charge in [-0.15, -0.1) is 0 Å². The van der Waals surface area contributed by atoms with Gasteiger partial charge in [0.05, 0.1) is 12.2 Å². The zero-order chi connectivity index (χ0) is 13.8. The van der Waals surface area contributed by atoms with Crippen molar-refractivity contribution in [3.63, 3.8) is 0 Å². The van der Waals surface area contributed by atoms with Crippen LogP contribution in [0.3, 0.4) is 0 Å². The standard InChI is InChI=1S/C14H18N5S/c1-18-10-11-20-14(18)17-16-12-2-4-13(5-3-12)19-8-6-15-7-9-19/h2-5,10-11,15H,6-9H2,1H3/q+1. The van der Waals surface area contributed by atoms with Crippen LogP contribution in [0.15, 0.2) is 46.1 Å². The molecule has 6 heteroatoms. The van der Waals surface area contributed by atoms with Crippen molar-refractivity contribution in [1.29, 1.82) is 0 Å². The first-order valence-electron chi connectivity index (χ1n) is 6.73. The predicted molar refractivity (Wildman–Crippen MR) is 81.2 cm³/mol. The number of hydrogen-bond donors (Lipinski definition) is 1. The van der Waals surface area contributed by atoms with Crippen molar-refractivity contribution in [3.05, 3.63) is 35.8 Å². The molecule has 0 unspecified atom stereocenters. The lowest BCUT2D eigenvalue weighted by atomic mass is 10.2. The zero-order valence-electron chi connectivity index (χ0n) is 11.5. The number of nitrogens with zero attached hydrogens (tertiary/aromatic N) is 4. The molecule has 1 saturated heterocycles. The van der Waals surface area contributed by atoms with Crippen LogP contribution in [0, 0.1) is 0 Å². The summed E-state index contributed by atoms with van der Waals surface area (Å²) in [5.74, 6) is 0. The molecule has 3 rings (SSSR count). The quantitative estimate of drug-likeness (QED) is 0.696. The third-order valence-corrected chi connectivity index (χ3v) is 4.18. The molecule has 2 heterocycles. The first-order valence-corrected chi connectivity index (χ1v) is 7.61. The minimum atomic E-state index is 0.886. The van der Waals surface area contributed by atoms with Crippen molar-refractivity contribution in [1.82, 2.24) is 5.32 Å². The average molecular weight is 288 g/mol. The fourth-order valence-corrected chi connectivity index (χ4v) is 2.86. The van der Waals surface area contributed by atoms with E-state index in [4.69, 9.17) is 0 Å². The molecule has 20 heavy (non-hydrogen) atoms. The van der Waals surface area contributed by atoms with Crippen molar-refractivity contribution < 1.29 is 4.57 Å². The molecule has 1 aromatic heterocycles. The molecule has 0 spiro atoms. The summed E-state index contributed by atoms with van der Waals surface area (Å²) in [7, 11) is 1.97. The van der Waals surface area contributed by atoms with E-state index < -0.39 is 0 Å². The molecule has 0 saturated carbocycles. The Morgan fingerprint density at radius 2 is 1.90 bits per heavy atom. The van der Waals surface area contributed by atoms with Crippen LogP contribution in [0.4, 0.5) is 16.5 Å². The van der Waals surface area contributed by atoms with Crippen molar-refractivity contribution in [2.75, 3.05) is 31.1 Å². The number of nitrogens with one attached hydrogen (secondary N) is 1. The lowest BCUT2D eigenvalue weighted by Gasteiger charge is -2.29. The third kappa shape index (κ3) is 3.02. The number of thiazole rings is 1. The number of anilines is 1. The molecule has 1 N–H and O–H groups in total. The largest absolute Gasteiger partial charge is 0.408 e. The number of benzene rings is 1. The highest BCUT2D eigenvalue weighted by atomic mass is 32.1. The summed E-state index contributed by atoms with van der Waals surface area (Å²) in [6.45, 7) is 4.23. The predicted octanol–water partition coefficient (Wildman–Crippen LogP) is 2.40. The summed E-state index contributed by atoms with van der Waals surface area (Å²) < 4.78 is 1.96. The van der Waals surface area contributed by atoms with Crippen molar-refractivity contribution >= 4 is 27.8 Å². The normalized spacial score (nSPS) is 15.9. The molecule has 1 aliphatic heterocycles. The van der Waals surface area contributed by atoms with E-state index in [-0.39, 0.29) is 0 Å². The smallest absolute Gasteiger partial charge is 0.369 e. The molecule has 1 fully saturated rings. The fraction of sp³-hybridized carbons (Fsp3) is 0.357. The van der Waals surface area contributed by atoms with E-state index >= 15 is 0 Å². The molecule has 0 radical (unpaired) electrons. The molecule has 1 aliphatic rings. The van der Waals surface area contributed by atoms with Crippen LogP contribution in [0.25, 0.3) is 0 Å². The maximum atomic E-state index is 4.28. The van der Waals surface area contributed by atoms with Gasteiger partial charge in [0.2, 0.25) is 0 Å². The van der Waals surface area contributed by atoms with Crippen molar-refractivity contribution in [2.45, 2.75) is 0 Å².